The first-order valence-corrected chi connectivity index (χ1v) is 30.5. The molecule has 0 aliphatic carbocycles. The van der Waals surface area contributed by atoms with Crippen LogP contribution in [0.2, 0.25) is 0 Å². The molecular formula is C60H114O33. The van der Waals surface area contributed by atoms with Crippen LogP contribution < -0.4 is 0 Å². The van der Waals surface area contributed by atoms with E-state index >= 15 is 0 Å². The molecular weight excluding hydrogens is 1250 g/mol. The van der Waals surface area contributed by atoms with Gasteiger partial charge in [-0.2, -0.15) is 0 Å². The Morgan fingerprint density at radius 1 is 0.161 bits per heavy atom. The summed E-state index contributed by atoms with van der Waals surface area (Å²) in [4.78, 5) is 0. The fraction of sp³-hybridized carbons (Fsp3) is 1.00. The second kappa shape index (κ2) is 44.7. The van der Waals surface area contributed by atoms with Crippen molar-refractivity contribution in [1.82, 2.24) is 0 Å². The van der Waals surface area contributed by atoms with Crippen LogP contribution in [-0.2, 0) is 156 Å². The van der Waals surface area contributed by atoms with E-state index in [9.17, 15) is 0 Å². The van der Waals surface area contributed by atoms with E-state index in [1.54, 1.807) is 164 Å². The van der Waals surface area contributed by atoms with E-state index in [4.69, 9.17) is 156 Å². The van der Waals surface area contributed by atoms with Crippen LogP contribution in [0.4, 0.5) is 0 Å². The van der Waals surface area contributed by atoms with Gasteiger partial charge in [0.2, 0.25) is 0 Å². The topological polar surface area (TPSA) is 305 Å². The second-order valence-corrected chi connectivity index (χ2v) is 22.0. The smallest absolute Gasteiger partial charge is 0.187 e. The van der Waals surface area contributed by atoms with Crippen LogP contribution in [0.25, 0.3) is 0 Å². The lowest BCUT2D eigenvalue weighted by Gasteiger charge is -2.49. The minimum atomic E-state index is -0.832. The highest BCUT2D eigenvalue weighted by molar-refractivity contribution is 5.00. The summed E-state index contributed by atoms with van der Waals surface area (Å²) in [6, 6.07) is 0. The Kier molecular flexibility index (Phi) is 40.5. The molecule has 552 valence electrons. The molecule has 0 N–H and O–H groups in total. The third kappa shape index (κ3) is 20.9. The summed E-state index contributed by atoms with van der Waals surface area (Å²) < 4.78 is 189. The van der Waals surface area contributed by atoms with Gasteiger partial charge in [0, 0.05) is 171 Å². The molecule has 6 heterocycles. The van der Waals surface area contributed by atoms with Crippen molar-refractivity contribution >= 4 is 0 Å². The van der Waals surface area contributed by atoms with E-state index in [2.05, 4.69) is 0 Å². The standard InChI is InChI=1S/3C20H38O11/c1-21-9-11-14(24-4)16(26-6)18(19(28-8)29-11)31-20-17(27-7)15(25-5)13(23-3)12(30-20)10-22-2;1-21-9-11-13(22-2)16(25-5)18(27-7)20(31-11)29-10-12-14(23-3)15(24-4)17(26-6)19(28-8)30-12;1-21-9-11-13(23-3)15(24-4)18(27-7)20(30-11)31-14-12(10-22-2)29-19(28-8)17(26-6)16(14)25-5/h3*11-20H,9-10H2,1-8H3. The highest BCUT2D eigenvalue weighted by Gasteiger charge is 2.57. The molecule has 30 unspecified atom stereocenters. The maximum atomic E-state index is 6.43. The van der Waals surface area contributed by atoms with Gasteiger partial charge in [0.25, 0.3) is 0 Å². The number of rotatable bonds is 36. The summed E-state index contributed by atoms with van der Waals surface area (Å²) >= 11 is 0. The lowest BCUT2D eigenvalue weighted by Crippen LogP contribution is -2.66. The number of ether oxygens (including phenoxy) is 33. The van der Waals surface area contributed by atoms with Crippen molar-refractivity contribution in [3.63, 3.8) is 0 Å². The molecule has 0 aromatic carbocycles. The fourth-order valence-electron chi connectivity index (χ4n) is 12.9. The van der Waals surface area contributed by atoms with Gasteiger partial charge in [0.05, 0.1) is 39.6 Å². The van der Waals surface area contributed by atoms with Gasteiger partial charge < -0.3 is 156 Å². The normalized spacial score (nSPS) is 41.4. The molecule has 6 aliphatic rings. The number of methoxy groups -OCH3 is 24. The zero-order valence-corrected chi connectivity index (χ0v) is 59.0. The highest BCUT2D eigenvalue weighted by Crippen LogP contribution is 2.37. The highest BCUT2D eigenvalue weighted by atomic mass is 16.8. The molecule has 0 spiro atoms. The van der Waals surface area contributed by atoms with Gasteiger partial charge in [-0.1, -0.05) is 0 Å². The van der Waals surface area contributed by atoms with E-state index in [1.165, 1.54) is 7.11 Å². The molecule has 0 amide bonds. The van der Waals surface area contributed by atoms with Crippen LogP contribution in [0.1, 0.15) is 0 Å². The Hall–Kier alpha value is -1.32. The van der Waals surface area contributed by atoms with Crippen LogP contribution in [0.15, 0.2) is 0 Å². The van der Waals surface area contributed by atoms with Crippen molar-refractivity contribution in [2.24, 2.45) is 0 Å². The van der Waals surface area contributed by atoms with E-state index in [0.29, 0.717) is 13.2 Å². The van der Waals surface area contributed by atoms with Crippen molar-refractivity contribution in [1.29, 1.82) is 0 Å². The maximum absolute atomic E-state index is 6.43. The van der Waals surface area contributed by atoms with Crippen LogP contribution >= 0.6 is 0 Å². The molecule has 33 heteroatoms. The number of hydrogen-bond donors (Lipinski definition) is 0. The molecule has 0 aromatic rings. The van der Waals surface area contributed by atoms with Gasteiger partial charge in [-0.25, -0.2) is 0 Å². The zero-order chi connectivity index (χ0) is 68.9. The molecule has 0 bridgehead atoms. The van der Waals surface area contributed by atoms with Crippen molar-refractivity contribution in [3.05, 3.63) is 0 Å². The van der Waals surface area contributed by atoms with Crippen LogP contribution in [-0.4, -0.2) is 395 Å². The van der Waals surface area contributed by atoms with Crippen molar-refractivity contribution in [3.8, 4) is 0 Å². The monoisotopic (exact) mass is 1360 g/mol. The average Bonchev–Trinajstić information content (AvgIpc) is 0.876. The van der Waals surface area contributed by atoms with Crippen LogP contribution in [0, 0.1) is 0 Å². The van der Waals surface area contributed by atoms with Crippen molar-refractivity contribution in [2.45, 2.75) is 184 Å². The van der Waals surface area contributed by atoms with Gasteiger partial charge in [0.15, 0.2) is 37.7 Å². The largest absolute Gasteiger partial charge is 0.382 e. The summed E-state index contributed by atoms with van der Waals surface area (Å²) in [6.45, 7) is 1.57. The summed E-state index contributed by atoms with van der Waals surface area (Å²) in [5, 5.41) is 0. The summed E-state index contributed by atoms with van der Waals surface area (Å²) in [6.07, 6.45) is -16.0. The first-order valence-electron chi connectivity index (χ1n) is 30.5. The van der Waals surface area contributed by atoms with E-state index in [0.717, 1.165) is 0 Å². The molecule has 93 heavy (non-hydrogen) atoms. The predicted molar refractivity (Wildman–Crippen MR) is 321 cm³/mol. The minimum Gasteiger partial charge on any atom is -0.382 e. The first kappa shape index (κ1) is 84.1. The zero-order valence-electron chi connectivity index (χ0n) is 59.0. The lowest BCUT2D eigenvalue weighted by atomic mass is 9.96. The second-order valence-electron chi connectivity index (χ2n) is 22.0. The maximum Gasteiger partial charge on any atom is 0.187 e. The third-order valence-corrected chi connectivity index (χ3v) is 17.3. The Morgan fingerprint density at radius 2 is 0.344 bits per heavy atom. The van der Waals surface area contributed by atoms with Gasteiger partial charge >= 0.3 is 0 Å². The van der Waals surface area contributed by atoms with Crippen molar-refractivity contribution < 1.29 is 156 Å². The summed E-state index contributed by atoms with van der Waals surface area (Å²) in [5.41, 5.74) is 0. The minimum absolute atomic E-state index is 0.132. The Bertz CT molecular complexity index is 1890. The molecule has 0 saturated carbocycles. The molecule has 0 radical (unpaired) electrons. The van der Waals surface area contributed by atoms with Gasteiger partial charge in [-0.05, 0) is 0 Å². The third-order valence-electron chi connectivity index (χ3n) is 17.3. The molecule has 6 rings (SSSR count). The Labute approximate surface area is 549 Å². The molecule has 6 aliphatic heterocycles. The molecule has 33 nitrogen and oxygen atoms in total. The Balaban J connectivity index is 0.000000297. The van der Waals surface area contributed by atoms with E-state index < -0.39 is 178 Å². The van der Waals surface area contributed by atoms with Gasteiger partial charge in [-0.3, -0.25) is 0 Å². The van der Waals surface area contributed by atoms with Crippen LogP contribution in [0.3, 0.4) is 0 Å². The lowest BCUT2D eigenvalue weighted by molar-refractivity contribution is -0.372. The first-order chi connectivity index (χ1) is 45.1. The van der Waals surface area contributed by atoms with Gasteiger partial charge in [-0.15, -0.1) is 0 Å². The summed E-state index contributed by atoms with van der Waals surface area (Å²) in [5.74, 6) is 0. The van der Waals surface area contributed by atoms with Gasteiger partial charge in [0.1, 0.15) is 146 Å². The predicted octanol–water partition coefficient (Wildman–Crippen LogP) is -0.493. The van der Waals surface area contributed by atoms with E-state index in [1.807, 2.05) is 0 Å². The molecule has 6 saturated heterocycles. The SMILES string of the molecule is COCC1OC(OC2C(COC)OC(OC)C(OC)C2OC)C(OC)C(OC)C1OC.COCC1OC(OC2C(OC)OC(COC)C(OC)C2OC)C(OC)C(OC)C1OC.COCC1OC(OCC2OC(OC)C(OC)C(OC)C2OC)C(OC)C(OC)C1OC. The average molecular weight is 1360 g/mol. The quantitative estimate of drug-likeness (QED) is 0.0764. The Morgan fingerprint density at radius 3 is 0.602 bits per heavy atom. The molecule has 6 fully saturated rings. The van der Waals surface area contributed by atoms with Crippen molar-refractivity contribution in [2.75, 3.05) is 210 Å². The molecule has 0 aromatic heterocycles. The van der Waals surface area contributed by atoms with E-state index in [-0.39, 0.29) is 32.5 Å². The van der Waals surface area contributed by atoms with Crippen LogP contribution in [0.5, 0.6) is 0 Å². The summed E-state index contributed by atoms with van der Waals surface area (Å²) in [7, 11) is 37.9. The number of hydrogen-bond acceptors (Lipinski definition) is 33. The fourth-order valence-corrected chi connectivity index (χ4v) is 12.9. The molecule has 30 atom stereocenters.